The number of fused-ring (bicyclic) bond motifs is 1. The fraction of sp³-hybridized carbons (Fsp3) is 0. The van der Waals surface area contributed by atoms with Gasteiger partial charge in [-0.1, -0.05) is 0 Å². The molecule has 10 nitrogen and oxygen atoms in total. The van der Waals surface area contributed by atoms with E-state index in [0.717, 1.165) is 0 Å². The molecule has 2 rings (SSSR count). The average Bonchev–Trinajstić information content (AvgIpc) is 2.33. The van der Waals surface area contributed by atoms with Crippen molar-refractivity contribution in [3.63, 3.8) is 0 Å². The first-order valence-electron chi connectivity index (χ1n) is 5.48. The van der Waals surface area contributed by atoms with Gasteiger partial charge in [0.25, 0.3) is 10.1 Å². The van der Waals surface area contributed by atoms with E-state index in [-0.39, 0.29) is 0 Å². The molecule has 0 aliphatic heterocycles. The number of nitrogens with two attached hydrogens (primary N) is 1. The van der Waals surface area contributed by atoms with Gasteiger partial charge in [0, 0.05) is 11.1 Å². The van der Waals surface area contributed by atoms with Gasteiger partial charge in [-0.3, -0.25) is 4.55 Å². The molecule has 0 bridgehead atoms. The average molecular weight is 381 g/mol. The highest BCUT2D eigenvalue weighted by atomic mass is 32.2. The minimum absolute atomic E-state index is 0.391. The van der Waals surface area contributed by atoms with Crippen LogP contribution in [-0.2, 0) is 30.4 Å². The van der Waals surface area contributed by atoms with E-state index in [1.165, 1.54) is 0 Å². The lowest BCUT2D eigenvalue weighted by molar-refractivity contribution is 0.461. The molecule has 23 heavy (non-hydrogen) atoms. The molecule has 2 aromatic carbocycles. The van der Waals surface area contributed by atoms with Crippen LogP contribution in [0.5, 0.6) is 0 Å². The monoisotopic (exact) mass is 381 g/mol. The summed E-state index contributed by atoms with van der Waals surface area (Å²) in [5, 5.41) is -0.851. The van der Waals surface area contributed by atoms with Crippen LogP contribution >= 0.6 is 0 Å². The predicted octanol–water partition coefficient (Wildman–Crippen LogP) is -0.523. The maximum Gasteiger partial charge on any atom is 0.295 e. The van der Waals surface area contributed by atoms with Crippen LogP contribution in [0.2, 0.25) is 0 Å². The highest BCUT2D eigenvalue weighted by Crippen LogP contribution is 2.33. The van der Waals surface area contributed by atoms with Crippen LogP contribution in [-0.4, -0.2) is 38.9 Å². The van der Waals surface area contributed by atoms with Crippen molar-refractivity contribution >= 4 is 46.8 Å². The predicted molar refractivity (Wildman–Crippen MR) is 74.1 cm³/mol. The number of anilines is 1. The maximum atomic E-state index is 11.4. The molecule has 0 spiro atoms. The van der Waals surface area contributed by atoms with Crippen LogP contribution in [0.3, 0.4) is 0 Å². The van der Waals surface area contributed by atoms with Gasteiger partial charge < -0.3 is 14.8 Å². The Bertz CT molecular complexity index is 1130. The Morgan fingerprint density at radius 2 is 1.26 bits per heavy atom. The summed E-state index contributed by atoms with van der Waals surface area (Å²) in [5.41, 5.74) is 4.99. The van der Waals surface area contributed by atoms with Crippen molar-refractivity contribution in [1.82, 2.24) is 0 Å². The summed E-state index contributed by atoms with van der Waals surface area (Å²) in [4.78, 5) is -2.90. The number of hydrogen-bond acceptors (Lipinski definition) is 9. The molecule has 13 heteroatoms. The van der Waals surface area contributed by atoms with Crippen LogP contribution in [0.1, 0.15) is 0 Å². The van der Waals surface area contributed by atoms with Crippen LogP contribution in [0, 0.1) is 0 Å². The van der Waals surface area contributed by atoms with Crippen molar-refractivity contribution in [2.75, 3.05) is 5.73 Å². The lowest BCUT2D eigenvalue weighted by Crippen LogP contribution is -2.07. The zero-order chi connectivity index (χ0) is 17.8. The summed E-state index contributed by atoms with van der Waals surface area (Å²) < 4.78 is 98.3. The minimum atomic E-state index is -5.13. The second-order valence-corrected chi connectivity index (χ2v) is 8.56. The van der Waals surface area contributed by atoms with Gasteiger partial charge in [0.1, 0.15) is 25.1 Å². The zero-order valence-electron chi connectivity index (χ0n) is 10.8. The zero-order valence-corrected chi connectivity index (χ0v) is 13.3. The smallest absolute Gasteiger partial charge is 0.295 e. The second-order valence-electron chi connectivity index (χ2n) is 4.42. The molecule has 126 valence electrons. The summed E-state index contributed by atoms with van der Waals surface area (Å²) in [6.45, 7) is 0. The summed E-state index contributed by atoms with van der Waals surface area (Å²) >= 11 is 0. The van der Waals surface area contributed by atoms with Gasteiger partial charge in [0.05, 0.1) is 9.79 Å². The molecule has 0 heterocycles. The van der Waals surface area contributed by atoms with Gasteiger partial charge in [-0.2, -0.15) is 8.42 Å². The molecule has 0 radical (unpaired) electrons. The van der Waals surface area contributed by atoms with Crippen LogP contribution in [0.25, 0.3) is 10.8 Å². The van der Waals surface area contributed by atoms with Gasteiger partial charge in [0.2, 0.25) is 0 Å². The van der Waals surface area contributed by atoms with Crippen LogP contribution in [0.15, 0.2) is 39.0 Å². The second kappa shape index (κ2) is 5.12. The lowest BCUT2D eigenvalue weighted by Gasteiger charge is -2.15. The van der Waals surface area contributed by atoms with E-state index in [0.29, 0.717) is 24.3 Å². The molecular weight excluding hydrogens is 374 g/mol. The highest BCUT2D eigenvalue weighted by Gasteiger charge is 2.21. The van der Waals surface area contributed by atoms with E-state index in [9.17, 15) is 38.9 Å². The first-order chi connectivity index (χ1) is 10.2. The SMILES string of the molecule is Nc1cc(S(=O)(=O)[O-])cc2cc(S(=O)(=O)[O-])cc(S(=O)(=O)O)c12. The first kappa shape index (κ1) is 17.6. The quantitative estimate of drug-likeness (QED) is 0.515. The molecule has 0 aliphatic carbocycles. The third kappa shape index (κ3) is 3.44. The van der Waals surface area contributed by atoms with Crippen molar-refractivity contribution < 1.29 is 38.9 Å². The molecule has 0 saturated carbocycles. The van der Waals surface area contributed by atoms with E-state index in [4.69, 9.17) is 5.73 Å². The van der Waals surface area contributed by atoms with Crippen LogP contribution < -0.4 is 5.73 Å². The molecule has 0 aromatic heterocycles. The molecule has 3 N–H and O–H groups in total. The van der Waals surface area contributed by atoms with Crippen molar-refractivity contribution in [3.8, 4) is 0 Å². The number of nitrogen functional groups attached to an aromatic ring is 1. The van der Waals surface area contributed by atoms with Gasteiger partial charge >= 0.3 is 0 Å². The Kier molecular flexibility index (Phi) is 3.91. The van der Waals surface area contributed by atoms with Crippen LogP contribution in [0.4, 0.5) is 5.69 Å². The van der Waals surface area contributed by atoms with E-state index >= 15 is 0 Å². The fourth-order valence-electron chi connectivity index (χ4n) is 1.95. The van der Waals surface area contributed by atoms with E-state index < -0.39 is 61.5 Å². The van der Waals surface area contributed by atoms with E-state index in [2.05, 4.69) is 0 Å². The Morgan fingerprint density at radius 3 is 1.65 bits per heavy atom. The molecule has 0 unspecified atom stereocenters. The highest BCUT2D eigenvalue weighted by molar-refractivity contribution is 7.87. The Hall–Kier alpha value is -1.77. The fourth-order valence-corrected chi connectivity index (χ4v) is 3.87. The standard InChI is InChI=1S/C10H9NO9S3/c11-8-3-6(21(12,13)14)1-5-2-7(22(15,16)17)4-9(10(5)8)23(18,19)20/h1-4H,11H2,(H,12,13,14)(H,15,16,17)(H,18,19,20)/p-2. The summed E-state index contributed by atoms with van der Waals surface area (Å²) in [6.07, 6.45) is 0. The molecule has 0 aliphatic rings. The number of rotatable bonds is 3. The number of hydrogen-bond donors (Lipinski definition) is 2. The minimum Gasteiger partial charge on any atom is -0.744 e. The lowest BCUT2D eigenvalue weighted by atomic mass is 10.1. The van der Waals surface area contributed by atoms with Gasteiger partial charge in [0.15, 0.2) is 0 Å². The van der Waals surface area contributed by atoms with Gasteiger partial charge in [-0.25, -0.2) is 16.8 Å². The molecule has 0 amide bonds. The Balaban J connectivity index is 3.12. The molecule has 0 saturated heterocycles. The molecule has 2 aromatic rings. The van der Waals surface area contributed by atoms with Gasteiger partial charge in [-0.05, 0) is 29.7 Å². The number of benzene rings is 2. The van der Waals surface area contributed by atoms with Crippen molar-refractivity contribution in [1.29, 1.82) is 0 Å². The van der Waals surface area contributed by atoms with Crippen molar-refractivity contribution in [2.45, 2.75) is 14.7 Å². The summed E-state index contributed by atoms with van der Waals surface area (Å²) in [5.74, 6) is 0. The summed E-state index contributed by atoms with van der Waals surface area (Å²) in [6, 6.07) is 2.35. The van der Waals surface area contributed by atoms with E-state index in [1.54, 1.807) is 0 Å². The Labute approximate surface area is 130 Å². The van der Waals surface area contributed by atoms with E-state index in [1.807, 2.05) is 0 Å². The summed E-state index contributed by atoms with van der Waals surface area (Å²) in [7, 11) is -15.1. The normalized spacial score (nSPS) is 13.3. The first-order valence-corrected chi connectivity index (χ1v) is 9.73. The van der Waals surface area contributed by atoms with Crippen molar-refractivity contribution in [3.05, 3.63) is 24.3 Å². The molecular formula is C10H7NO9S3-2. The third-order valence-electron chi connectivity index (χ3n) is 2.85. The molecule has 0 fully saturated rings. The largest absolute Gasteiger partial charge is 0.744 e. The third-order valence-corrected chi connectivity index (χ3v) is 5.35. The maximum absolute atomic E-state index is 11.4. The van der Waals surface area contributed by atoms with Crippen molar-refractivity contribution in [2.24, 2.45) is 0 Å². The topological polar surface area (TPSA) is 195 Å². The Morgan fingerprint density at radius 1 is 0.826 bits per heavy atom. The van der Waals surface area contributed by atoms with Gasteiger partial charge in [-0.15, -0.1) is 0 Å². The molecule has 0 atom stereocenters.